The summed E-state index contributed by atoms with van der Waals surface area (Å²) in [5.74, 6) is 1.28. The minimum absolute atomic E-state index is 0.0735. The summed E-state index contributed by atoms with van der Waals surface area (Å²) in [6.45, 7) is 8.59. The Morgan fingerprint density at radius 1 is 1.06 bits per heavy atom. The Morgan fingerprint density at radius 2 is 1.86 bits per heavy atom. The zero-order valence-electron chi connectivity index (χ0n) is 20.4. The van der Waals surface area contributed by atoms with Crippen LogP contribution in [0.4, 0.5) is 16.4 Å². The van der Waals surface area contributed by atoms with Crippen LogP contribution in [0.3, 0.4) is 0 Å². The molecule has 3 N–H and O–H groups in total. The fourth-order valence-corrected chi connectivity index (χ4v) is 3.56. The van der Waals surface area contributed by atoms with Crippen molar-refractivity contribution in [1.82, 2.24) is 24.8 Å². The van der Waals surface area contributed by atoms with Gasteiger partial charge in [0.05, 0.1) is 17.1 Å². The van der Waals surface area contributed by atoms with Crippen molar-refractivity contribution < 1.29 is 9.53 Å². The number of nitrogens with one attached hydrogen (secondary N) is 3. The van der Waals surface area contributed by atoms with Gasteiger partial charge in [0.25, 0.3) is 0 Å². The molecule has 0 saturated carbocycles. The highest BCUT2D eigenvalue weighted by molar-refractivity contribution is 5.81. The van der Waals surface area contributed by atoms with Crippen molar-refractivity contribution in [3.05, 3.63) is 72.7 Å². The van der Waals surface area contributed by atoms with E-state index in [1.54, 1.807) is 12.5 Å². The van der Waals surface area contributed by atoms with Crippen molar-refractivity contribution >= 4 is 28.8 Å². The summed E-state index contributed by atoms with van der Waals surface area (Å²) in [6.07, 6.45) is 3.07. The zero-order valence-corrected chi connectivity index (χ0v) is 20.4. The summed E-state index contributed by atoms with van der Waals surface area (Å²) in [6, 6.07) is 18.1. The molecular weight excluding hydrogens is 442 g/mol. The molecule has 4 rings (SSSR count). The number of fused-ring (bicyclic) bond motifs is 1. The number of aromatic nitrogens is 4. The predicted octanol–water partition coefficient (Wildman–Crippen LogP) is 4.93. The van der Waals surface area contributed by atoms with Crippen LogP contribution in [0.15, 0.2) is 67.1 Å². The van der Waals surface area contributed by atoms with Gasteiger partial charge < -0.3 is 20.7 Å². The number of nitrogens with zero attached hydrogens (tertiary/aromatic N) is 4. The van der Waals surface area contributed by atoms with Crippen LogP contribution >= 0.6 is 0 Å². The van der Waals surface area contributed by atoms with E-state index in [2.05, 4.69) is 50.0 Å². The Morgan fingerprint density at radius 3 is 2.63 bits per heavy atom. The number of hydrogen-bond acceptors (Lipinski definition) is 7. The van der Waals surface area contributed by atoms with E-state index in [-0.39, 0.29) is 6.04 Å². The Hall–Kier alpha value is -4.14. The molecule has 0 saturated heterocycles. The van der Waals surface area contributed by atoms with Gasteiger partial charge in [0.2, 0.25) is 5.95 Å². The lowest BCUT2D eigenvalue weighted by Gasteiger charge is -2.19. The SMILES string of the molecule is C[C@H](Nc1nccc(-n2cnc3cc(NCCNC(=O)OC(C)(C)C)ccc32)n1)c1ccccc1. The fourth-order valence-electron chi connectivity index (χ4n) is 3.56. The van der Waals surface area contributed by atoms with Gasteiger partial charge in [-0.3, -0.25) is 4.57 Å². The van der Waals surface area contributed by atoms with Gasteiger partial charge in [-0.15, -0.1) is 0 Å². The molecule has 0 spiro atoms. The molecular formula is C26H31N7O2. The summed E-state index contributed by atoms with van der Waals surface area (Å²) in [5.41, 5.74) is 3.33. The van der Waals surface area contributed by atoms with Crippen LogP contribution in [0.2, 0.25) is 0 Å². The van der Waals surface area contributed by atoms with Crippen LogP contribution in [0.1, 0.15) is 39.3 Å². The van der Waals surface area contributed by atoms with Gasteiger partial charge in [0, 0.05) is 25.0 Å². The largest absolute Gasteiger partial charge is 0.444 e. The predicted molar refractivity (Wildman–Crippen MR) is 138 cm³/mol. The van der Waals surface area contributed by atoms with Crippen LogP contribution in [0, 0.1) is 0 Å². The van der Waals surface area contributed by atoms with Crippen LogP contribution in [0.5, 0.6) is 0 Å². The Kier molecular flexibility index (Phi) is 7.14. The molecule has 2 aromatic heterocycles. The van der Waals surface area contributed by atoms with Crippen LogP contribution in [-0.2, 0) is 4.74 Å². The van der Waals surface area contributed by atoms with E-state index in [9.17, 15) is 4.79 Å². The molecule has 9 heteroatoms. The number of imidazole rings is 1. The molecule has 0 unspecified atom stereocenters. The molecule has 0 aliphatic carbocycles. The Bertz CT molecular complexity index is 1280. The van der Waals surface area contributed by atoms with E-state index in [4.69, 9.17) is 4.74 Å². The zero-order chi connectivity index (χ0) is 24.8. The van der Waals surface area contributed by atoms with Crippen LogP contribution in [0.25, 0.3) is 16.9 Å². The summed E-state index contributed by atoms with van der Waals surface area (Å²) < 4.78 is 7.17. The lowest BCUT2D eigenvalue weighted by atomic mass is 10.1. The average Bonchev–Trinajstić information content (AvgIpc) is 3.25. The third-order valence-electron chi connectivity index (χ3n) is 5.20. The number of hydrogen-bond donors (Lipinski definition) is 3. The summed E-state index contributed by atoms with van der Waals surface area (Å²) in [7, 11) is 0. The maximum absolute atomic E-state index is 11.7. The highest BCUT2D eigenvalue weighted by atomic mass is 16.6. The monoisotopic (exact) mass is 473 g/mol. The molecule has 0 aliphatic heterocycles. The maximum atomic E-state index is 11.7. The van der Waals surface area contributed by atoms with Gasteiger partial charge in [0.15, 0.2) is 0 Å². The first-order valence-corrected chi connectivity index (χ1v) is 11.6. The van der Waals surface area contributed by atoms with Crippen LogP contribution < -0.4 is 16.0 Å². The molecule has 0 radical (unpaired) electrons. The van der Waals surface area contributed by atoms with E-state index in [0.29, 0.717) is 19.0 Å². The Labute approximate surface area is 205 Å². The second-order valence-electron chi connectivity index (χ2n) is 9.19. The lowest BCUT2D eigenvalue weighted by Crippen LogP contribution is -2.34. The smallest absolute Gasteiger partial charge is 0.407 e. The molecule has 2 aromatic carbocycles. The number of benzene rings is 2. The highest BCUT2D eigenvalue weighted by Crippen LogP contribution is 2.22. The molecule has 1 amide bonds. The van der Waals surface area contributed by atoms with Gasteiger partial charge in [-0.1, -0.05) is 30.3 Å². The van der Waals surface area contributed by atoms with Crippen LogP contribution in [-0.4, -0.2) is 44.3 Å². The molecule has 0 aliphatic rings. The van der Waals surface area contributed by atoms with Gasteiger partial charge in [0.1, 0.15) is 17.7 Å². The molecule has 0 fully saturated rings. The highest BCUT2D eigenvalue weighted by Gasteiger charge is 2.15. The summed E-state index contributed by atoms with van der Waals surface area (Å²) >= 11 is 0. The van der Waals surface area contributed by atoms with Crippen molar-refractivity contribution in [3.63, 3.8) is 0 Å². The van der Waals surface area contributed by atoms with E-state index < -0.39 is 11.7 Å². The molecule has 0 bridgehead atoms. The number of alkyl carbamates (subject to hydrolysis) is 1. The normalized spacial score (nSPS) is 12.2. The van der Waals surface area contributed by atoms with Crippen molar-refractivity contribution in [2.75, 3.05) is 23.7 Å². The van der Waals surface area contributed by atoms with Crippen molar-refractivity contribution in [2.24, 2.45) is 0 Å². The minimum Gasteiger partial charge on any atom is -0.444 e. The number of ether oxygens (including phenoxy) is 1. The first-order chi connectivity index (χ1) is 16.8. The number of carbonyl (C=O) groups excluding carboxylic acids is 1. The molecule has 9 nitrogen and oxygen atoms in total. The molecule has 35 heavy (non-hydrogen) atoms. The van der Waals surface area contributed by atoms with E-state index in [1.807, 2.05) is 67.8 Å². The Balaban J connectivity index is 1.39. The molecule has 2 heterocycles. The van der Waals surface area contributed by atoms with Gasteiger partial charge >= 0.3 is 6.09 Å². The van der Waals surface area contributed by atoms with Gasteiger partial charge in [-0.25, -0.2) is 14.8 Å². The molecule has 182 valence electrons. The number of rotatable bonds is 8. The third kappa shape index (κ3) is 6.47. The standard InChI is InChI=1S/C26H31N7O2/c1-18(19-8-6-5-7-9-19)31-24-28-13-12-23(32-24)33-17-30-21-16-20(10-11-22(21)33)27-14-15-29-25(34)35-26(2,3)4/h5-13,16-18,27H,14-15H2,1-4H3,(H,29,34)(H,28,31,32)/t18-/m0/s1. The number of amides is 1. The summed E-state index contributed by atoms with van der Waals surface area (Å²) in [4.78, 5) is 25.4. The lowest BCUT2D eigenvalue weighted by molar-refractivity contribution is 0.0530. The first kappa shape index (κ1) is 24.0. The van der Waals surface area contributed by atoms with Crippen molar-refractivity contribution in [3.8, 4) is 5.82 Å². The fraction of sp³-hybridized carbons (Fsp3) is 0.308. The number of carbonyl (C=O) groups is 1. The van der Waals surface area contributed by atoms with Crippen molar-refractivity contribution in [1.29, 1.82) is 0 Å². The number of anilines is 2. The first-order valence-electron chi connectivity index (χ1n) is 11.6. The average molecular weight is 474 g/mol. The van der Waals surface area contributed by atoms with E-state index >= 15 is 0 Å². The van der Waals surface area contributed by atoms with E-state index in [0.717, 1.165) is 28.1 Å². The maximum Gasteiger partial charge on any atom is 0.407 e. The molecule has 1 atom stereocenters. The quantitative estimate of drug-likeness (QED) is 0.312. The van der Waals surface area contributed by atoms with Gasteiger partial charge in [-0.2, -0.15) is 4.98 Å². The second kappa shape index (κ2) is 10.4. The van der Waals surface area contributed by atoms with E-state index in [1.165, 1.54) is 0 Å². The third-order valence-corrected chi connectivity index (χ3v) is 5.20. The summed E-state index contributed by atoms with van der Waals surface area (Å²) in [5, 5.41) is 9.39. The van der Waals surface area contributed by atoms with Gasteiger partial charge in [-0.05, 0) is 57.5 Å². The topological polar surface area (TPSA) is 106 Å². The molecule has 4 aromatic rings. The van der Waals surface area contributed by atoms with Crippen molar-refractivity contribution in [2.45, 2.75) is 39.3 Å². The minimum atomic E-state index is -0.512. The second-order valence-corrected chi connectivity index (χ2v) is 9.19.